The number of hydrogen-bond acceptors (Lipinski definition) is 7. The van der Waals surface area contributed by atoms with Crippen LogP contribution in [-0.2, 0) is 23.9 Å². The minimum Gasteiger partial charge on any atom is -0.458 e. The number of carbonyl (C=O) groups excluding carboxylic acids is 4. The Morgan fingerprint density at radius 2 is 1.27 bits per heavy atom. The molecule has 0 fully saturated rings. The molecule has 0 aromatic carbocycles. The van der Waals surface area contributed by atoms with Gasteiger partial charge in [-0.25, -0.2) is 9.59 Å². The van der Waals surface area contributed by atoms with E-state index < -0.39 is 53.2 Å². The van der Waals surface area contributed by atoms with E-state index in [1.807, 2.05) is 6.26 Å². The van der Waals surface area contributed by atoms with Gasteiger partial charge in [0, 0.05) is 0 Å². The first kappa shape index (κ1) is 28.0. The highest BCUT2D eigenvalue weighted by Crippen LogP contribution is 2.11. The predicted molar refractivity (Wildman–Crippen MR) is 117 cm³/mol. The molecule has 30 heavy (non-hydrogen) atoms. The van der Waals surface area contributed by atoms with Gasteiger partial charge in [0.2, 0.25) is 11.8 Å². The molecule has 0 aromatic rings. The number of nitrogens with one attached hydrogen (secondary N) is 3. The summed E-state index contributed by atoms with van der Waals surface area (Å²) in [5.74, 6) is -0.948. The normalized spacial score (nSPS) is 14.7. The van der Waals surface area contributed by atoms with E-state index in [9.17, 15) is 19.2 Å². The second kappa shape index (κ2) is 12.0. The van der Waals surface area contributed by atoms with Crippen molar-refractivity contribution >= 4 is 35.6 Å². The number of alkyl carbamates (subject to hydrolysis) is 1. The summed E-state index contributed by atoms with van der Waals surface area (Å²) in [5.41, 5.74) is -1.37. The van der Waals surface area contributed by atoms with Gasteiger partial charge in [0.15, 0.2) is 0 Å². The zero-order valence-corrected chi connectivity index (χ0v) is 20.3. The fraction of sp³-hybridized carbons (Fsp3) is 0.800. The molecular weight excluding hydrogens is 410 g/mol. The lowest BCUT2D eigenvalue weighted by molar-refractivity contribution is -0.158. The number of ether oxygens (including phenoxy) is 2. The Kier molecular flexibility index (Phi) is 11.2. The molecule has 9 nitrogen and oxygen atoms in total. The highest BCUT2D eigenvalue weighted by Gasteiger charge is 2.29. The summed E-state index contributed by atoms with van der Waals surface area (Å²) in [6.45, 7) is 13.4. The fourth-order valence-corrected chi connectivity index (χ4v) is 2.58. The van der Waals surface area contributed by atoms with E-state index in [2.05, 4.69) is 16.0 Å². The van der Waals surface area contributed by atoms with E-state index in [1.165, 1.54) is 13.8 Å². The van der Waals surface area contributed by atoms with Crippen molar-refractivity contribution in [3.05, 3.63) is 0 Å². The van der Waals surface area contributed by atoms with Crippen LogP contribution in [0.25, 0.3) is 0 Å². The van der Waals surface area contributed by atoms with Gasteiger partial charge in [-0.2, -0.15) is 11.8 Å². The molecule has 0 bridgehead atoms. The quantitative estimate of drug-likeness (QED) is 0.462. The Hall–Kier alpha value is -1.97. The average Bonchev–Trinajstić information content (AvgIpc) is 2.54. The van der Waals surface area contributed by atoms with Crippen LogP contribution < -0.4 is 16.0 Å². The Labute approximate surface area is 183 Å². The Morgan fingerprint density at radius 1 is 0.800 bits per heavy atom. The smallest absolute Gasteiger partial charge is 0.408 e. The van der Waals surface area contributed by atoms with Crippen LogP contribution in [0.5, 0.6) is 0 Å². The molecular formula is C20H37N3O6S. The van der Waals surface area contributed by atoms with Crippen LogP contribution >= 0.6 is 11.8 Å². The second-order valence-corrected chi connectivity index (χ2v) is 9.96. The second-order valence-electron chi connectivity index (χ2n) is 8.97. The van der Waals surface area contributed by atoms with Crippen LogP contribution in [0, 0.1) is 0 Å². The van der Waals surface area contributed by atoms with Crippen molar-refractivity contribution in [2.75, 3.05) is 12.0 Å². The van der Waals surface area contributed by atoms with Gasteiger partial charge < -0.3 is 25.4 Å². The molecule has 0 aliphatic rings. The molecule has 0 aromatic heterocycles. The number of esters is 1. The number of rotatable bonds is 9. The molecule has 0 rings (SSSR count). The van der Waals surface area contributed by atoms with E-state index in [0.717, 1.165) is 0 Å². The molecule has 3 amide bonds. The van der Waals surface area contributed by atoms with Crippen LogP contribution in [-0.4, -0.2) is 65.2 Å². The number of carbonyl (C=O) groups is 4. The van der Waals surface area contributed by atoms with Gasteiger partial charge >= 0.3 is 12.1 Å². The maximum atomic E-state index is 12.5. The third-order valence-electron chi connectivity index (χ3n) is 3.50. The summed E-state index contributed by atoms with van der Waals surface area (Å²) in [5, 5.41) is 7.57. The van der Waals surface area contributed by atoms with Crippen molar-refractivity contribution < 1.29 is 28.7 Å². The molecule has 3 N–H and O–H groups in total. The Morgan fingerprint density at radius 3 is 1.73 bits per heavy atom. The van der Waals surface area contributed by atoms with Crippen LogP contribution in [0.15, 0.2) is 0 Å². The molecule has 0 saturated carbocycles. The summed E-state index contributed by atoms with van der Waals surface area (Å²) >= 11 is 1.54. The van der Waals surface area contributed by atoms with Gasteiger partial charge in [-0.05, 0) is 73.8 Å². The first-order valence-electron chi connectivity index (χ1n) is 9.87. The largest absolute Gasteiger partial charge is 0.458 e. The van der Waals surface area contributed by atoms with Crippen molar-refractivity contribution in [3.63, 3.8) is 0 Å². The molecule has 0 radical (unpaired) electrons. The third kappa shape index (κ3) is 12.6. The van der Waals surface area contributed by atoms with Crippen molar-refractivity contribution in [2.24, 2.45) is 0 Å². The molecule has 0 saturated heterocycles. The van der Waals surface area contributed by atoms with E-state index >= 15 is 0 Å². The van der Waals surface area contributed by atoms with Gasteiger partial charge in [-0.15, -0.1) is 0 Å². The summed E-state index contributed by atoms with van der Waals surface area (Å²) in [6.07, 6.45) is 1.57. The zero-order valence-electron chi connectivity index (χ0n) is 19.5. The monoisotopic (exact) mass is 447 g/mol. The van der Waals surface area contributed by atoms with Gasteiger partial charge in [-0.3, -0.25) is 9.59 Å². The first-order chi connectivity index (χ1) is 13.6. The lowest BCUT2D eigenvalue weighted by Gasteiger charge is -2.26. The van der Waals surface area contributed by atoms with E-state index in [1.54, 1.807) is 53.3 Å². The van der Waals surface area contributed by atoms with Gasteiger partial charge in [0.25, 0.3) is 0 Å². The van der Waals surface area contributed by atoms with E-state index in [4.69, 9.17) is 9.47 Å². The molecule has 10 heteroatoms. The summed E-state index contributed by atoms with van der Waals surface area (Å²) in [4.78, 5) is 49.0. The highest BCUT2D eigenvalue weighted by molar-refractivity contribution is 7.98. The Balaban J connectivity index is 4.85. The highest BCUT2D eigenvalue weighted by atomic mass is 32.2. The lowest BCUT2D eigenvalue weighted by atomic mass is 10.1. The van der Waals surface area contributed by atoms with Crippen LogP contribution in [0.1, 0.15) is 61.8 Å². The van der Waals surface area contributed by atoms with Crippen LogP contribution in [0.4, 0.5) is 4.79 Å². The SMILES string of the molecule is CSCC[C@H](NC(=O)[C@H](C)NC(=O)[C@H](C)NC(=O)OC(C)(C)C)C(=O)OC(C)(C)C. The molecule has 174 valence electrons. The van der Waals surface area contributed by atoms with Crippen molar-refractivity contribution in [1.29, 1.82) is 0 Å². The minimum atomic E-state index is -0.917. The predicted octanol–water partition coefficient (Wildman–Crippen LogP) is 1.98. The maximum absolute atomic E-state index is 12.5. The standard InChI is InChI=1S/C20H37N3O6S/c1-12(21-15(24)13(2)22-18(27)29-20(6,7)8)16(25)23-14(10-11-30-9)17(26)28-19(3,4)5/h12-14H,10-11H2,1-9H3,(H,21,24)(H,22,27)(H,23,25)/t12-,13-,14-/m0/s1. The summed E-state index contributed by atoms with van der Waals surface area (Å²) in [6, 6.07) is -2.64. The zero-order chi connectivity index (χ0) is 23.7. The molecule has 0 aliphatic carbocycles. The van der Waals surface area contributed by atoms with Crippen molar-refractivity contribution in [1.82, 2.24) is 16.0 Å². The van der Waals surface area contributed by atoms with Crippen molar-refractivity contribution in [2.45, 2.75) is 91.1 Å². The first-order valence-corrected chi connectivity index (χ1v) is 11.3. The van der Waals surface area contributed by atoms with Gasteiger partial charge in [-0.1, -0.05) is 0 Å². The fourth-order valence-electron chi connectivity index (χ4n) is 2.11. The number of thioether (sulfide) groups is 1. The lowest BCUT2D eigenvalue weighted by Crippen LogP contribution is -2.54. The maximum Gasteiger partial charge on any atom is 0.408 e. The van der Waals surface area contributed by atoms with Gasteiger partial charge in [0.05, 0.1) is 0 Å². The molecule has 0 aliphatic heterocycles. The Bertz CT molecular complexity index is 613. The molecule has 0 spiro atoms. The van der Waals surface area contributed by atoms with E-state index in [0.29, 0.717) is 12.2 Å². The summed E-state index contributed by atoms with van der Waals surface area (Å²) in [7, 11) is 0. The third-order valence-corrected chi connectivity index (χ3v) is 4.14. The molecule has 0 unspecified atom stereocenters. The number of amides is 3. The number of hydrogen-bond donors (Lipinski definition) is 3. The van der Waals surface area contributed by atoms with E-state index in [-0.39, 0.29) is 0 Å². The molecule has 3 atom stereocenters. The minimum absolute atomic E-state index is 0.402. The summed E-state index contributed by atoms with van der Waals surface area (Å²) < 4.78 is 10.5. The van der Waals surface area contributed by atoms with Gasteiger partial charge in [0.1, 0.15) is 29.3 Å². The van der Waals surface area contributed by atoms with Crippen LogP contribution in [0.2, 0.25) is 0 Å². The van der Waals surface area contributed by atoms with Crippen molar-refractivity contribution in [3.8, 4) is 0 Å². The molecule has 0 heterocycles. The topological polar surface area (TPSA) is 123 Å². The average molecular weight is 448 g/mol. The van der Waals surface area contributed by atoms with Crippen LogP contribution in [0.3, 0.4) is 0 Å².